The van der Waals surface area contributed by atoms with E-state index < -0.39 is 21.9 Å². The lowest BCUT2D eigenvalue weighted by Gasteiger charge is -2.26. The second-order valence-electron chi connectivity index (χ2n) is 6.36. The zero-order chi connectivity index (χ0) is 21.9. The van der Waals surface area contributed by atoms with E-state index in [1.54, 1.807) is 14.0 Å². The maximum absolute atomic E-state index is 12.9. The van der Waals surface area contributed by atoms with Crippen molar-refractivity contribution in [2.24, 2.45) is 7.05 Å². The van der Waals surface area contributed by atoms with Gasteiger partial charge < -0.3 is 14.8 Å². The Labute approximate surface area is 178 Å². The number of anilines is 1. The van der Waals surface area contributed by atoms with Crippen LogP contribution in [0.15, 0.2) is 29.3 Å². The summed E-state index contributed by atoms with van der Waals surface area (Å²) in [5.74, 6) is -1.22. The number of morpholine rings is 1. The zero-order valence-corrected chi connectivity index (χ0v) is 18.0. The quantitative estimate of drug-likeness (QED) is 0.654. The van der Waals surface area contributed by atoms with E-state index in [9.17, 15) is 18.0 Å². The van der Waals surface area contributed by atoms with E-state index in [0.29, 0.717) is 13.2 Å². The van der Waals surface area contributed by atoms with Crippen LogP contribution in [0.5, 0.6) is 0 Å². The van der Waals surface area contributed by atoms with Crippen molar-refractivity contribution in [2.45, 2.75) is 11.8 Å². The van der Waals surface area contributed by atoms with Gasteiger partial charge in [0.25, 0.3) is 5.91 Å². The number of ether oxygens (including phenoxy) is 2. The van der Waals surface area contributed by atoms with E-state index in [4.69, 9.17) is 21.1 Å². The molecular formula is C18H21ClN4O6S. The Morgan fingerprint density at radius 2 is 1.97 bits per heavy atom. The van der Waals surface area contributed by atoms with Crippen molar-refractivity contribution >= 4 is 39.3 Å². The van der Waals surface area contributed by atoms with Crippen LogP contribution in [0.25, 0.3) is 0 Å². The van der Waals surface area contributed by atoms with E-state index in [0.717, 1.165) is 0 Å². The molecule has 12 heteroatoms. The highest BCUT2D eigenvalue weighted by atomic mass is 35.5. The number of hydrogen-bond acceptors (Lipinski definition) is 7. The van der Waals surface area contributed by atoms with Gasteiger partial charge in [0.2, 0.25) is 10.0 Å². The standard InChI is InChI=1S/C18H21ClN4O6S/c1-3-29-18(25)14-11-20-22(2)16(14)21-17(24)13-10-12(4-5-15(13)19)30(26,27)23-6-8-28-9-7-23/h4-5,10-11H,3,6-9H2,1-2H3,(H,21,24). The number of carbonyl (C=O) groups excluding carboxylic acids is 2. The van der Waals surface area contributed by atoms with Gasteiger partial charge in [-0.25, -0.2) is 13.2 Å². The summed E-state index contributed by atoms with van der Waals surface area (Å²) < 4.78 is 38.5. The van der Waals surface area contributed by atoms with E-state index in [2.05, 4.69) is 10.4 Å². The van der Waals surface area contributed by atoms with Crippen LogP contribution in [0.2, 0.25) is 5.02 Å². The number of rotatable bonds is 6. The molecule has 2 heterocycles. The third-order valence-electron chi connectivity index (χ3n) is 4.46. The molecule has 1 aromatic heterocycles. The first kappa shape index (κ1) is 22.2. The van der Waals surface area contributed by atoms with Gasteiger partial charge in [-0.15, -0.1) is 0 Å². The number of esters is 1. The van der Waals surface area contributed by atoms with Crippen LogP contribution >= 0.6 is 11.6 Å². The summed E-state index contributed by atoms with van der Waals surface area (Å²) in [4.78, 5) is 24.9. The van der Waals surface area contributed by atoms with Gasteiger partial charge in [-0.3, -0.25) is 9.48 Å². The maximum atomic E-state index is 12.9. The smallest absolute Gasteiger partial charge is 0.343 e. The number of aryl methyl sites for hydroxylation is 1. The molecule has 1 aliphatic rings. The Balaban J connectivity index is 1.90. The summed E-state index contributed by atoms with van der Waals surface area (Å²) in [5, 5.41) is 6.59. The van der Waals surface area contributed by atoms with Gasteiger partial charge in [-0.1, -0.05) is 11.6 Å². The monoisotopic (exact) mass is 456 g/mol. The number of benzene rings is 1. The minimum atomic E-state index is -3.81. The number of nitrogens with one attached hydrogen (secondary N) is 1. The lowest BCUT2D eigenvalue weighted by atomic mass is 10.2. The number of sulfonamides is 1. The van der Waals surface area contributed by atoms with Gasteiger partial charge >= 0.3 is 5.97 Å². The number of amides is 1. The van der Waals surface area contributed by atoms with Crippen LogP contribution in [-0.2, 0) is 26.5 Å². The fourth-order valence-corrected chi connectivity index (χ4v) is 4.53. The summed E-state index contributed by atoms with van der Waals surface area (Å²) >= 11 is 6.16. The normalized spacial score (nSPS) is 15.0. The van der Waals surface area contributed by atoms with Gasteiger partial charge in [0.1, 0.15) is 11.4 Å². The van der Waals surface area contributed by atoms with Crippen LogP contribution in [0.4, 0.5) is 5.82 Å². The number of nitrogens with zero attached hydrogens (tertiary/aromatic N) is 3. The molecule has 162 valence electrons. The number of carbonyl (C=O) groups is 2. The van der Waals surface area contributed by atoms with Crippen LogP contribution in [0, 0.1) is 0 Å². The fraction of sp³-hybridized carbons (Fsp3) is 0.389. The summed E-state index contributed by atoms with van der Waals surface area (Å²) in [6, 6.07) is 3.90. The fourth-order valence-electron chi connectivity index (χ4n) is 2.89. The largest absolute Gasteiger partial charge is 0.462 e. The average molecular weight is 457 g/mol. The topological polar surface area (TPSA) is 120 Å². The zero-order valence-electron chi connectivity index (χ0n) is 16.4. The Hall–Kier alpha value is -2.47. The van der Waals surface area contributed by atoms with Gasteiger partial charge in [-0.05, 0) is 25.1 Å². The van der Waals surface area contributed by atoms with Gasteiger partial charge in [0, 0.05) is 20.1 Å². The molecule has 0 aliphatic carbocycles. The lowest BCUT2D eigenvalue weighted by Crippen LogP contribution is -2.40. The van der Waals surface area contributed by atoms with Crippen LogP contribution < -0.4 is 5.32 Å². The van der Waals surface area contributed by atoms with Crippen LogP contribution in [0.1, 0.15) is 27.6 Å². The number of halogens is 1. The first-order valence-corrected chi connectivity index (χ1v) is 11.0. The molecule has 3 rings (SSSR count). The first-order chi connectivity index (χ1) is 14.3. The van der Waals surface area contributed by atoms with Gasteiger partial charge in [-0.2, -0.15) is 9.40 Å². The van der Waals surface area contributed by atoms with Crippen molar-refractivity contribution in [2.75, 3.05) is 38.2 Å². The highest BCUT2D eigenvalue weighted by molar-refractivity contribution is 7.89. The summed E-state index contributed by atoms with van der Waals surface area (Å²) in [7, 11) is -2.27. The SMILES string of the molecule is CCOC(=O)c1cnn(C)c1NC(=O)c1cc(S(=O)(=O)N2CCOCC2)ccc1Cl. The van der Waals surface area contributed by atoms with Crippen molar-refractivity contribution < 1.29 is 27.5 Å². The molecule has 0 bridgehead atoms. The first-order valence-electron chi connectivity index (χ1n) is 9.13. The van der Waals surface area contributed by atoms with E-state index in [1.807, 2.05) is 0 Å². The second-order valence-corrected chi connectivity index (χ2v) is 8.71. The summed E-state index contributed by atoms with van der Waals surface area (Å²) in [5.41, 5.74) is 0.0166. The lowest BCUT2D eigenvalue weighted by molar-refractivity contribution is 0.0527. The Bertz CT molecular complexity index is 1060. The molecule has 0 saturated carbocycles. The predicted octanol–water partition coefficient (Wildman–Crippen LogP) is 1.52. The van der Waals surface area contributed by atoms with Crippen molar-refractivity contribution in [3.05, 3.63) is 40.5 Å². The molecular weight excluding hydrogens is 436 g/mol. The predicted molar refractivity (Wildman–Crippen MR) is 108 cm³/mol. The molecule has 1 saturated heterocycles. The summed E-state index contributed by atoms with van der Waals surface area (Å²) in [6.45, 7) is 2.88. The van der Waals surface area contributed by atoms with E-state index in [1.165, 1.54) is 33.4 Å². The molecule has 0 spiro atoms. The molecule has 0 radical (unpaired) electrons. The number of aromatic nitrogens is 2. The molecule has 1 fully saturated rings. The molecule has 30 heavy (non-hydrogen) atoms. The Kier molecular flexibility index (Phi) is 6.76. The molecule has 1 N–H and O–H groups in total. The summed E-state index contributed by atoms with van der Waals surface area (Å²) in [6.07, 6.45) is 1.27. The third kappa shape index (κ3) is 4.48. The minimum Gasteiger partial charge on any atom is -0.462 e. The second kappa shape index (κ2) is 9.13. The van der Waals surface area contributed by atoms with E-state index in [-0.39, 0.29) is 46.6 Å². The van der Waals surface area contributed by atoms with Crippen molar-refractivity contribution in [1.29, 1.82) is 0 Å². The molecule has 1 amide bonds. The van der Waals surface area contributed by atoms with Gasteiger partial charge in [0.05, 0.1) is 41.5 Å². The molecule has 0 atom stereocenters. The van der Waals surface area contributed by atoms with E-state index >= 15 is 0 Å². The molecule has 1 aliphatic heterocycles. The van der Waals surface area contributed by atoms with Crippen LogP contribution in [0.3, 0.4) is 0 Å². The highest BCUT2D eigenvalue weighted by Gasteiger charge is 2.28. The Morgan fingerprint density at radius 1 is 1.27 bits per heavy atom. The van der Waals surface area contributed by atoms with Crippen molar-refractivity contribution in [1.82, 2.24) is 14.1 Å². The maximum Gasteiger partial charge on any atom is 0.343 e. The average Bonchev–Trinajstić information content (AvgIpc) is 3.09. The van der Waals surface area contributed by atoms with Crippen LogP contribution in [-0.4, -0.2) is 67.3 Å². The third-order valence-corrected chi connectivity index (χ3v) is 6.68. The molecule has 0 unspecified atom stereocenters. The molecule has 2 aromatic rings. The minimum absolute atomic E-state index is 0.0537. The molecule has 10 nitrogen and oxygen atoms in total. The van der Waals surface area contributed by atoms with Gasteiger partial charge in [0.15, 0.2) is 0 Å². The van der Waals surface area contributed by atoms with Crippen molar-refractivity contribution in [3.8, 4) is 0 Å². The Morgan fingerprint density at radius 3 is 2.63 bits per heavy atom. The van der Waals surface area contributed by atoms with Crippen molar-refractivity contribution in [3.63, 3.8) is 0 Å². The molecule has 1 aromatic carbocycles. The highest BCUT2D eigenvalue weighted by Crippen LogP contribution is 2.25. The number of hydrogen-bond donors (Lipinski definition) is 1.